The first-order valence-electron chi connectivity index (χ1n) is 5.16. The molecule has 1 aromatic carbocycles. The number of benzene rings is 1. The van der Waals surface area contributed by atoms with Gasteiger partial charge in [0.15, 0.2) is 11.3 Å². The molecule has 0 aliphatic rings. The first-order valence-corrected chi connectivity index (χ1v) is 5.95. The average molecular weight is 289 g/mol. The molecule has 4 nitrogen and oxygen atoms in total. The van der Waals surface area contributed by atoms with Gasteiger partial charge in [-0.3, -0.25) is 0 Å². The van der Waals surface area contributed by atoms with E-state index in [1.807, 2.05) is 41.9 Å². The number of fused-ring (bicyclic) bond motifs is 1. The molecule has 0 amide bonds. The maximum atomic E-state index is 4.49. The van der Waals surface area contributed by atoms with E-state index in [9.17, 15) is 0 Å². The van der Waals surface area contributed by atoms with Crippen LogP contribution in [0.25, 0.3) is 22.7 Å². The monoisotopic (exact) mass is 288 g/mol. The van der Waals surface area contributed by atoms with Gasteiger partial charge in [-0.1, -0.05) is 30.3 Å². The molecule has 0 radical (unpaired) electrons. The minimum atomic E-state index is 0.662. The first-order chi connectivity index (χ1) is 8.25. The summed E-state index contributed by atoms with van der Waals surface area (Å²) < 4.78 is 2.66. The lowest BCUT2D eigenvalue weighted by Crippen LogP contribution is -1.94. The molecule has 0 bridgehead atoms. The number of aromatic nitrogens is 4. The van der Waals surface area contributed by atoms with E-state index >= 15 is 0 Å². The zero-order chi connectivity index (χ0) is 11.8. The number of halogens is 1. The second kappa shape index (κ2) is 3.92. The molecule has 0 saturated carbocycles. The van der Waals surface area contributed by atoms with Crippen LogP contribution in [0.1, 0.15) is 0 Å². The predicted octanol–water partition coefficient (Wildman–Crippen LogP) is 2.79. The molecule has 3 aromatic rings. The molecule has 3 rings (SSSR count). The van der Waals surface area contributed by atoms with Crippen molar-refractivity contribution in [2.75, 3.05) is 0 Å². The van der Waals surface area contributed by atoms with E-state index in [-0.39, 0.29) is 0 Å². The van der Waals surface area contributed by atoms with Crippen molar-refractivity contribution in [2.24, 2.45) is 7.05 Å². The highest BCUT2D eigenvalue weighted by molar-refractivity contribution is 9.10. The van der Waals surface area contributed by atoms with Crippen LogP contribution in [0.15, 0.2) is 41.1 Å². The van der Waals surface area contributed by atoms with Gasteiger partial charge in [-0.05, 0) is 15.9 Å². The van der Waals surface area contributed by atoms with Gasteiger partial charge < -0.3 is 4.57 Å². The molecule has 2 aromatic heterocycles. The molecule has 0 atom stereocenters. The molecule has 0 saturated heterocycles. The number of nitrogens with zero attached hydrogens (tertiary/aromatic N) is 4. The molecular weight excluding hydrogens is 280 g/mol. The molecule has 0 aliphatic carbocycles. The van der Waals surface area contributed by atoms with E-state index in [1.54, 1.807) is 6.20 Å². The molecule has 0 fully saturated rings. The Kier molecular flexibility index (Phi) is 2.40. The SMILES string of the molecule is Cn1c(-c2ccccc2)nc2ncc(Br)nc21. The normalized spacial score (nSPS) is 10.9. The summed E-state index contributed by atoms with van der Waals surface area (Å²) >= 11 is 3.32. The molecule has 0 spiro atoms. The van der Waals surface area contributed by atoms with Crippen LogP contribution in [-0.4, -0.2) is 19.5 Å². The Hall–Kier alpha value is -1.75. The summed E-state index contributed by atoms with van der Waals surface area (Å²) in [6.07, 6.45) is 1.66. The second-order valence-electron chi connectivity index (χ2n) is 3.70. The van der Waals surface area contributed by atoms with Crippen LogP contribution in [0, 0.1) is 0 Å². The van der Waals surface area contributed by atoms with Gasteiger partial charge in [-0.15, -0.1) is 0 Å². The van der Waals surface area contributed by atoms with E-state index in [4.69, 9.17) is 0 Å². The summed E-state index contributed by atoms with van der Waals surface area (Å²) in [5.41, 5.74) is 2.50. The van der Waals surface area contributed by atoms with E-state index in [0.29, 0.717) is 10.3 Å². The molecule has 2 heterocycles. The summed E-state index contributed by atoms with van der Waals surface area (Å²) in [6.45, 7) is 0. The van der Waals surface area contributed by atoms with Crippen molar-refractivity contribution in [1.29, 1.82) is 0 Å². The van der Waals surface area contributed by atoms with Crippen LogP contribution in [-0.2, 0) is 7.05 Å². The quantitative estimate of drug-likeness (QED) is 0.692. The minimum absolute atomic E-state index is 0.662. The van der Waals surface area contributed by atoms with Crippen LogP contribution < -0.4 is 0 Å². The Labute approximate surface area is 106 Å². The Balaban J connectivity index is 2.28. The van der Waals surface area contributed by atoms with Crippen molar-refractivity contribution < 1.29 is 0 Å². The van der Waals surface area contributed by atoms with Gasteiger partial charge in [0.05, 0.1) is 6.20 Å². The first kappa shape index (κ1) is 10.4. The van der Waals surface area contributed by atoms with Crippen LogP contribution in [0.2, 0.25) is 0 Å². The zero-order valence-electron chi connectivity index (χ0n) is 9.13. The van der Waals surface area contributed by atoms with Crippen molar-refractivity contribution in [1.82, 2.24) is 19.5 Å². The number of hydrogen-bond donors (Lipinski definition) is 0. The highest BCUT2D eigenvalue weighted by atomic mass is 79.9. The Bertz CT molecular complexity index is 676. The third-order valence-corrected chi connectivity index (χ3v) is 2.97. The molecule has 0 aliphatic heterocycles. The van der Waals surface area contributed by atoms with Crippen molar-refractivity contribution in [3.05, 3.63) is 41.1 Å². The van der Waals surface area contributed by atoms with Gasteiger partial charge in [0.25, 0.3) is 0 Å². The standard InChI is InChI=1S/C12H9BrN4/c1-17-11(8-5-3-2-4-6-8)16-10-12(17)15-9(13)7-14-10/h2-7H,1H3. The summed E-state index contributed by atoms with van der Waals surface area (Å²) in [4.78, 5) is 13.1. The molecular formula is C12H9BrN4. The summed E-state index contributed by atoms with van der Waals surface area (Å²) in [5, 5.41) is 0. The Morgan fingerprint density at radius 3 is 2.65 bits per heavy atom. The third-order valence-electron chi connectivity index (χ3n) is 2.59. The fraction of sp³-hybridized carbons (Fsp3) is 0.0833. The van der Waals surface area contributed by atoms with E-state index < -0.39 is 0 Å². The number of rotatable bonds is 1. The van der Waals surface area contributed by atoms with E-state index in [2.05, 4.69) is 30.9 Å². The lowest BCUT2D eigenvalue weighted by Gasteiger charge is -2.00. The van der Waals surface area contributed by atoms with Gasteiger partial charge in [0, 0.05) is 12.6 Å². The van der Waals surface area contributed by atoms with Crippen molar-refractivity contribution in [2.45, 2.75) is 0 Å². The minimum Gasteiger partial charge on any atom is -0.310 e. The molecule has 5 heteroatoms. The molecule has 17 heavy (non-hydrogen) atoms. The predicted molar refractivity (Wildman–Crippen MR) is 69.4 cm³/mol. The molecule has 0 N–H and O–H groups in total. The van der Waals surface area contributed by atoms with Gasteiger partial charge in [0.2, 0.25) is 0 Å². The van der Waals surface area contributed by atoms with Crippen LogP contribution in [0.3, 0.4) is 0 Å². The fourth-order valence-corrected chi connectivity index (χ4v) is 2.05. The van der Waals surface area contributed by atoms with E-state index in [0.717, 1.165) is 17.0 Å². The maximum absolute atomic E-state index is 4.49. The van der Waals surface area contributed by atoms with Crippen LogP contribution in [0.4, 0.5) is 0 Å². The highest BCUT2D eigenvalue weighted by Crippen LogP contribution is 2.21. The fourth-order valence-electron chi connectivity index (χ4n) is 1.78. The van der Waals surface area contributed by atoms with Crippen molar-refractivity contribution in [3.8, 4) is 11.4 Å². The number of aryl methyl sites for hydroxylation is 1. The Morgan fingerprint density at radius 2 is 1.88 bits per heavy atom. The maximum Gasteiger partial charge on any atom is 0.198 e. The number of imidazole rings is 1. The zero-order valence-corrected chi connectivity index (χ0v) is 10.7. The summed E-state index contributed by atoms with van der Waals surface area (Å²) in [6, 6.07) is 10.0. The van der Waals surface area contributed by atoms with Gasteiger partial charge in [0.1, 0.15) is 10.4 Å². The smallest absolute Gasteiger partial charge is 0.198 e. The largest absolute Gasteiger partial charge is 0.310 e. The Morgan fingerprint density at radius 1 is 1.12 bits per heavy atom. The van der Waals surface area contributed by atoms with Gasteiger partial charge in [-0.25, -0.2) is 15.0 Å². The van der Waals surface area contributed by atoms with E-state index in [1.165, 1.54) is 0 Å². The summed E-state index contributed by atoms with van der Waals surface area (Å²) in [5.74, 6) is 0.874. The van der Waals surface area contributed by atoms with Gasteiger partial charge in [-0.2, -0.15) is 0 Å². The van der Waals surface area contributed by atoms with Crippen LogP contribution in [0.5, 0.6) is 0 Å². The number of hydrogen-bond acceptors (Lipinski definition) is 3. The lowest BCUT2D eigenvalue weighted by atomic mass is 10.2. The molecule has 0 unspecified atom stereocenters. The summed E-state index contributed by atoms with van der Waals surface area (Å²) in [7, 11) is 1.94. The topological polar surface area (TPSA) is 43.6 Å². The highest BCUT2D eigenvalue weighted by Gasteiger charge is 2.11. The molecule has 84 valence electrons. The van der Waals surface area contributed by atoms with Crippen molar-refractivity contribution >= 4 is 27.2 Å². The third kappa shape index (κ3) is 1.72. The average Bonchev–Trinajstić information content (AvgIpc) is 2.68. The van der Waals surface area contributed by atoms with Gasteiger partial charge >= 0.3 is 0 Å². The lowest BCUT2D eigenvalue weighted by molar-refractivity contribution is 0.939. The van der Waals surface area contributed by atoms with Crippen molar-refractivity contribution in [3.63, 3.8) is 0 Å². The second-order valence-corrected chi connectivity index (χ2v) is 4.51. The van der Waals surface area contributed by atoms with Crippen LogP contribution >= 0.6 is 15.9 Å².